The van der Waals surface area contributed by atoms with Crippen molar-refractivity contribution in [1.82, 2.24) is 15.0 Å². The number of carbonyl (C=O) groups excluding carboxylic acids is 2. The van der Waals surface area contributed by atoms with Gasteiger partial charge < -0.3 is 9.30 Å². The smallest absolute Gasteiger partial charge is 0.308 e. The van der Waals surface area contributed by atoms with Crippen molar-refractivity contribution in [3.05, 3.63) is 88.9 Å². The zero-order valence-electron chi connectivity index (χ0n) is 19.2. The number of ether oxygens (including phenoxy) is 1. The van der Waals surface area contributed by atoms with Gasteiger partial charge in [0.15, 0.2) is 5.16 Å². The van der Waals surface area contributed by atoms with E-state index in [1.807, 2.05) is 48.5 Å². The lowest BCUT2D eigenvalue weighted by atomic mass is 10.1. The minimum atomic E-state index is -0.380. The number of hydrogen-bond acceptors (Lipinski definition) is 6. The Morgan fingerprint density at radius 2 is 1.74 bits per heavy atom. The number of hydrazone groups is 1. The van der Waals surface area contributed by atoms with Crippen LogP contribution in [0.4, 0.5) is 0 Å². The first kappa shape index (κ1) is 24.5. The molecule has 0 radical (unpaired) electrons. The number of thioether (sulfide) groups is 1. The van der Waals surface area contributed by atoms with E-state index in [2.05, 4.69) is 15.1 Å². The van der Waals surface area contributed by atoms with Crippen molar-refractivity contribution in [2.24, 2.45) is 5.10 Å². The quantitative estimate of drug-likeness (QED) is 0.115. The zero-order valence-corrected chi connectivity index (χ0v) is 20.8. The van der Waals surface area contributed by atoms with Gasteiger partial charge in [-0.1, -0.05) is 47.6 Å². The molecule has 0 unspecified atom stereocenters. The normalized spacial score (nSPS) is 11.5. The first-order valence-corrected chi connectivity index (χ1v) is 12.2. The average Bonchev–Trinajstić information content (AvgIpc) is 3.20. The second kappa shape index (κ2) is 11.2. The number of imidazole rings is 1. The lowest BCUT2D eigenvalue weighted by Crippen LogP contribution is -2.21. The zero-order chi connectivity index (χ0) is 24.8. The summed E-state index contributed by atoms with van der Waals surface area (Å²) in [5.74, 6) is -0.00639. The van der Waals surface area contributed by atoms with E-state index in [1.165, 1.54) is 18.7 Å². The highest BCUT2D eigenvalue weighted by atomic mass is 35.5. The summed E-state index contributed by atoms with van der Waals surface area (Å²) >= 11 is 7.38. The lowest BCUT2D eigenvalue weighted by Gasteiger charge is -2.09. The van der Waals surface area contributed by atoms with E-state index in [0.29, 0.717) is 23.0 Å². The molecule has 1 amide bonds. The van der Waals surface area contributed by atoms with Crippen LogP contribution in [0.25, 0.3) is 11.0 Å². The molecule has 0 atom stereocenters. The maximum atomic E-state index is 12.5. The number of hydrogen-bond donors (Lipinski definition) is 1. The fraction of sp³-hybridized carbons (Fsp3) is 0.154. The van der Waals surface area contributed by atoms with E-state index in [1.54, 1.807) is 31.2 Å². The molecule has 3 aromatic carbocycles. The highest BCUT2D eigenvalue weighted by molar-refractivity contribution is 7.99. The van der Waals surface area contributed by atoms with E-state index in [4.69, 9.17) is 21.3 Å². The second-order valence-corrected chi connectivity index (χ2v) is 9.11. The lowest BCUT2D eigenvalue weighted by molar-refractivity contribution is -0.131. The molecule has 0 aliphatic rings. The summed E-state index contributed by atoms with van der Waals surface area (Å²) in [5.41, 5.74) is 6.99. The summed E-state index contributed by atoms with van der Waals surface area (Å²) < 4.78 is 7.12. The van der Waals surface area contributed by atoms with Gasteiger partial charge in [0, 0.05) is 11.9 Å². The van der Waals surface area contributed by atoms with E-state index >= 15 is 0 Å². The van der Waals surface area contributed by atoms with Crippen LogP contribution in [0.5, 0.6) is 5.75 Å². The van der Waals surface area contributed by atoms with Crippen molar-refractivity contribution in [1.29, 1.82) is 0 Å². The number of fused-ring (bicyclic) bond motifs is 1. The van der Waals surface area contributed by atoms with Crippen LogP contribution >= 0.6 is 23.4 Å². The predicted octanol–water partition coefficient (Wildman–Crippen LogP) is 5.30. The van der Waals surface area contributed by atoms with E-state index in [-0.39, 0.29) is 17.6 Å². The van der Waals surface area contributed by atoms with Gasteiger partial charge in [-0.2, -0.15) is 5.10 Å². The third kappa shape index (κ3) is 6.49. The molecule has 0 aliphatic carbocycles. The molecule has 7 nitrogen and oxygen atoms in total. The van der Waals surface area contributed by atoms with E-state index < -0.39 is 0 Å². The maximum absolute atomic E-state index is 12.5. The average molecular weight is 507 g/mol. The standard InChI is InChI=1S/C26H23ClN4O3S/c1-17(20-9-13-22(14-10-20)34-18(2)32)29-30-25(33)16-35-26-28-23-5-3-4-6-24(23)31(26)15-19-7-11-21(27)12-8-19/h3-14H,15-16H2,1-2H3,(H,30,33)/b29-17+. The van der Waals surface area contributed by atoms with Crippen LogP contribution in [0.1, 0.15) is 25.0 Å². The van der Waals surface area contributed by atoms with Gasteiger partial charge in [0.25, 0.3) is 5.91 Å². The van der Waals surface area contributed by atoms with Crippen LogP contribution in [-0.2, 0) is 16.1 Å². The molecular weight excluding hydrogens is 484 g/mol. The van der Waals surface area contributed by atoms with Gasteiger partial charge in [0.05, 0.1) is 29.0 Å². The number of carbonyl (C=O) groups is 2. The Labute approximate surface area is 212 Å². The number of para-hydroxylation sites is 2. The van der Waals surface area contributed by atoms with Crippen LogP contribution in [-0.4, -0.2) is 32.9 Å². The number of amides is 1. The molecule has 1 aromatic heterocycles. The Morgan fingerprint density at radius 1 is 1.03 bits per heavy atom. The Hall–Kier alpha value is -3.62. The molecular formula is C26H23ClN4O3S. The van der Waals surface area contributed by atoms with Gasteiger partial charge in [0.1, 0.15) is 5.75 Å². The monoisotopic (exact) mass is 506 g/mol. The molecule has 0 saturated heterocycles. The second-order valence-electron chi connectivity index (χ2n) is 7.73. The number of esters is 1. The van der Waals surface area contributed by atoms with Crippen molar-refractivity contribution >= 4 is 52.0 Å². The van der Waals surface area contributed by atoms with Crippen molar-refractivity contribution in [3.8, 4) is 5.75 Å². The number of aromatic nitrogens is 2. The molecule has 9 heteroatoms. The minimum Gasteiger partial charge on any atom is -0.427 e. The topological polar surface area (TPSA) is 85.6 Å². The number of rotatable bonds is 8. The van der Waals surface area contributed by atoms with Gasteiger partial charge in [-0.05, 0) is 66.6 Å². The molecule has 0 spiro atoms. The van der Waals surface area contributed by atoms with Gasteiger partial charge in [-0.3, -0.25) is 9.59 Å². The van der Waals surface area contributed by atoms with Gasteiger partial charge in [0.2, 0.25) is 0 Å². The van der Waals surface area contributed by atoms with Gasteiger partial charge in [-0.25, -0.2) is 10.4 Å². The molecule has 178 valence electrons. The number of nitrogens with one attached hydrogen (secondary N) is 1. The minimum absolute atomic E-state index is 0.159. The molecule has 0 fully saturated rings. The summed E-state index contributed by atoms with van der Waals surface area (Å²) in [6.07, 6.45) is 0. The van der Waals surface area contributed by atoms with Crippen molar-refractivity contribution in [2.45, 2.75) is 25.5 Å². The molecule has 0 bridgehead atoms. The Kier molecular flexibility index (Phi) is 7.84. The molecule has 0 saturated carbocycles. The maximum Gasteiger partial charge on any atom is 0.308 e. The first-order valence-electron chi connectivity index (χ1n) is 10.8. The molecule has 1 heterocycles. The van der Waals surface area contributed by atoms with Gasteiger partial charge in [-0.15, -0.1) is 0 Å². The summed E-state index contributed by atoms with van der Waals surface area (Å²) in [6.45, 7) is 3.75. The highest BCUT2D eigenvalue weighted by Crippen LogP contribution is 2.25. The SMILES string of the molecule is CC(=O)Oc1ccc(/C(C)=N/NC(=O)CSc2nc3ccccc3n2Cc2ccc(Cl)cc2)cc1. The van der Waals surface area contributed by atoms with Crippen LogP contribution in [0.2, 0.25) is 5.02 Å². The van der Waals surface area contributed by atoms with E-state index in [0.717, 1.165) is 27.3 Å². The summed E-state index contributed by atoms with van der Waals surface area (Å²) in [5, 5.41) is 5.63. The third-order valence-corrected chi connectivity index (χ3v) is 6.32. The van der Waals surface area contributed by atoms with E-state index in [9.17, 15) is 9.59 Å². The fourth-order valence-electron chi connectivity index (χ4n) is 3.39. The highest BCUT2D eigenvalue weighted by Gasteiger charge is 2.13. The van der Waals surface area contributed by atoms with Crippen LogP contribution in [0, 0.1) is 0 Å². The molecule has 35 heavy (non-hydrogen) atoms. The predicted molar refractivity (Wildman–Crippen MR) is 139 cm³/mol. The van der Waals surface area contributed by atoms with Gasteiger partial charge >= 0.3 is 5.97 Å². The van der Waals surface area contributed by atoms with Crippen molar-refractivity contribution < 1.29 is 14.3 Å². The number of halogens is 1. The largest absolute Gasteiger partial charge is 0.427 e. The van der Waals surface area contributed by atoms with Crippen molar-refractivity contribution in [2.75, 3.05) is 5.75 Å². The third-order valence-electron chi connectivity index (χ3n) is 5.09. The Balaban J connectivity index is 1.42. The summed E-state index contributed by atoms with van der Waals surface area (Å²) in [6, 6.07) is 22.5. The molecule has 0 aliphatic heterocycles. The number of benzene rings is 3. The Bertz CT molecular complexity index is 1380. The first-order chi connectivity index (χ1) is 16.9. The summed E-state index contributed by atoms with van der Waals surface area (Å²) in [4.78, 5) is 28.3. The van der Waals surface area contributed by atoms with Crippen LogP contribution in [0.3, 0.4) is 0 Å². The molecule has 4 aromatic rings. The van der Waals surface area contributed by atoms with Crippen molar-refractivity contribution in [3.63, 3.8) is 0 Å². The van der Waals surface area contributed by atoms with Crippen LogP contribution in [0.15, 0.2) is 83.1 Å². The molecule has 1 N–H and O–H groups in total. The summed E-state index contributed by atoms with van der Waals surface area (Å²) in [7, 11) is 0. The number of nitrogens with zero attached hydrogens (tertiary/aromatic N) is 3. The fourth-order valence-corrected chi connectivity index (χ4v) is 4.32. The molecule has 4 rings (SSSR count). The van der Waals surface area contributed by atoms with Crippen LogP contribution < -0.4 is 10.2 Å². The Morgan fingerprint density at radius 3 is 2.46 bits per heavy atom.